The van der Waals surface area contributed by atoms with Gasteiger partial charge in [-0.2, -0.15) is 0 Å². The average Bonchev–Trinajstić information content (AvgIpc) is 3.17. The van der Waals surface area contributed by atoms with Gasteiger partial charge in [0.2, 0.25) is 11.8 Å². The molecule has 2 aliphatic heterocycles. The molecule has 0 bridgehead atoms. The van der Waals surface area contributed by atoms with Gasteiger partial charge in [-0.05, 0) is 12.8 Å². The number of amides is 2. The van der Waals surface area contributed by atoms with Gasteiger partial charge in [-0.25, -0.2) is 0 Å². The van der Waals surface area contributed by atoms with Crippen LogP contribution in [-0.4, -0.2) is 60.1 Å². The lowest BCUT2D eigenvalue weighted by Crippen LogP contribution is -2.39. The predicted molar refractivity (Wildman–Crippen MR) is 77.5 cm³/mol. The molecule has 0 radical (unpaired) electrons. The summed E-state index contributed by atoms with van der Waals surface area (Å²) in [6, 6.07) is 0.358. The van der Waals surface area contributed by atoms with Gasteiger partial charge in [0.1, 0.15) is 0 Å². The van der Waals surface area contributed by atoms with E-state index in [1.807, 2.05) is 4.90 Å². The normalized spacial score (nSPS) is 33.9. The van der Waals surface area contributed by atoms with Gasteiger partial charge < -0.3 is 20.6 Å². The summed E-state index contributed by atoms with van der Waals surface area (Å²) in [7, 11) is 0. The van der Waals surface area contributed by atoms with Gasteiger partial charge in [-0.3, -0.25) is 9.59 Å². The average molecular weight is 295 g/mol. The maximum absolute atomic E-state index is 12.2. The predicted octanol–water partition coefficient (Wildman–Crippen LogP) is -0.526. The third-order valence-electron chi connectivity index (χ3n) is 5.14. The topological polar surface area (TPSA) is 81.7 Å². The van der Waals surface area contributed by atoms with Crippen molar-refractivity contribution >= 4 is 11.8 Å². The van der Waals surface area contributed by atoms with E-state index in [0.29, 0.717) is 32.1 Å². The van der Waals surface area contributed by atoms with E-state index in [4.69, 9.17) is 0 Å². The fourth-order valence-corrected chi connectivity index (χ4v) is 3.78. The lowest BCUT2D eigenvalue weighted by Gasteiger charge is -2.24. The zero-order valence-electron chi connectivity index (χ0n) is 12.4. The first kappa shape index (κ1) is 14.8. The van der Waals surface area contributed by atoms with Crippen molar-refractivity contribution in [2.24, 2.45) is 11.8 Å². The minimum Gasteiger partial charge on any atom is -0.391 e. The molecule has 6 nitrogen and oxygen atoms in total. The van der Waals surface area contributed by atoms with E-state index in [-0.39, 0.29) is 29.8 Å². The molecule has 118 valence electrons. The molecule has 3 N–H and O–H groups in total. The number of hydrogen-bond acceptors (Lipinski definition) is 4. The third kappa shape index (κ3) is 3.21. The molecule has 1 aliphatic carbocycles. The number of hydrogen-bond donors (Lipinski definition) is 3. The minimum atomic E-state index is -0.384. The van der Waals surface area contributed by atoms with Crippen LogP contribution in [0.15, 0.2) is 0 Å². The Labute approximate surface area is 125 Å². The van der Waals surface area contributed by atoms with Gasteiger partial charge in [0.05, 0.1) is 12.0 Å². The quantitative estimate of drug-likeness (QED) is 0.651. The lowest BCUT2D eigenvalue weighted by molar-refractivity contribution is -0.130. The van der Waals surface area contributed by atoms with Crippen molar-refractivity contribution in [3.05, 3.63) is 0 Å². The van der Waals surface area contributed by atoms with Crippen molar-refractivity contribution in [3.8, 4) is 0 Å². The summed E-state index contributed by atoms with van der Waals surface area (Å²) in [6.45, 7) is 2.39. The molecule has 0 aromatic carbocycles. The Balaban J connectivity index is 1.48. The fourth-order valence-electron chi connectivity index (χ4n) is 3.78. The van der Waals surface area contributed by atoms with Crippen molar-refractivity contribution in [2.45, 2.75) is 44.2 Å². The molecule has 3 fully saturated rings. The molecule has 21 heavy (non-hydrogen) atoms. The monoisotopic (exact) mass is 295 g/mol. The second kappa shape index (κ2) is 6.32. The molecule has 0 aromatic heterocycles. The van der Waals surface area contributed by atoms with Gasteiger partial charge in [0.15, 0.2) is 0 Å². The van der Waals surface area contributed by atoms with Crippen LogP contribution in [0.2, 0.25) is 0 Å². The second-order valence-electron chi connectivity index (χ2n) is 6.62. The van der Waals surface area contributed by atoms with Gasteiger partial charge in [0, 0.05) is 44.6 Å². The number of rotatable bonds is 4. The number of carbonyl (C=O) groups excluding carboxylic acids is 2. The van der Waals surface area contributed by atoms with E-state index in [1.54, 1.807) is 0 Å². The molecule has 3 aliphatic rings. The molecule has 2 amide bonds. The van der Waals surface area contributed by atoms with Gasteiger partial charge in [-0.1, -0.05) is 12.8 Å². The van der Waals surface area contributed by atoms with Crippen molar-refractivity contribution in [1.29, 1.82) is 0 Å². The fraction of sp³-hybridized carbons (Fsp3) is 0.867. The number of carbonyl (C=O) groups is 2. The maximum Gasteiger partial charge on any atom is 0.225 e. The molecule has 2 saturated heterocycles. The summed E-state index contributed by atoms with van der Waals surface area (Å²) in [6.07, 6.45) is 4.51. The van der Waals surface area contributed by atoms with Crippen LogP contribution in [0.4, 0.5) is 0 Å². The van der Waals surface area contributed by atoms with Crippen molar-refractivity contribution in [2.75, 3.05) is 26.2 Å². The summed E-state index contributed by atoms with van der Waals surface area (Å²) in [5.41, 5.74) is 0. The first-order valence-corrected chi connectivity index (χ1v) is 8.11. The van der Waals surface area contributed by atoms with Crippen LogP contribution in [0.1, 0.15) is 32.1 Å². The smallest absolute Gasteiger partial charge is 0.225 e. The Bertz CT molecular complexity index is 409. The number of aliphatic hydroxyl groups excluding tert-OH is 1. The number of β-amino-alcohol motifs (C(OH)–C–C–N with tert-alkyl or cyclic N) is 1. The Hall–Kier alpha value is -1.14. The highest BCUT2D eigenvalue weighted by Crippen LogP contribution is 2.29. The molecule has 6 heteroatoms. The van der Waals surface area contributed by atoms with Crippen LogP contribution in [0.25, 0.3) is 0 Å². The summed E-state index contributed by atoms with van der Waals surface area (Å²) < 4.78 is 0. The van der Waals surface area contributed by atoms with Crippen LogP contribution in [0.3, 0.4) is 0 Å². The Morgan fingerprint density at radius 1 is 1.33 bits per heavy atom. The Morgan fingerprint density at radius 3 is 2.76 bits per heavy atom. The highest BCUT2D eigenvalue weighted by molar-refractivity contribution is 5.89. The molecular formula is C15H25N3O3. The molecule has 0 aromatic rings. The van der Waals surface area contributed by atoms with Crippen molar-refractivity contribution in [1.82, 2.24) is 15.5 Å². The largest absolute Gasteiger partial charge is 0.391 e. The molecule has 3 atom stereocenters. The van der Waals surface area contributed by atoms with Crippen LogP contribution < -0.4 is 10.6 Å². The van der Waals surface area contributed by atoms with Crippen LogP contribution >= 0.6 is 0 Å². The first-order chi connectivity index (χ1) is 10.1. The molecular weight excluding hydrogens is 270 g/mol. The molecule has 2 heterocycles. The number of nitrogens with zero attached hydrogens (tertiary/aromatic N) is 1. The summed E-state index contributed by atoms with van der Waals surface area (Å²) in [5, 5.41) is 15.7. The Morgan fingerprint density at radius 2 is 2.10 bits per heavy atom. The van der Waals surface area contributed by atoms with E-state index < -0.39 is 0 Å². The van der Waals surface area contributed by atoms with E-state index in [0.717, 1.165) is 19.4 Å². The highest BCUT2D eigenvalue weighted by atomic mass is 16.3. The number of aliphatic hydroxyl groups is 1. The lowest BCUT2D eigenvalue weighted by atomic mass is 10.0. The molecule has 3 rings (SSSR count). The summed E-state index contributed by atoms with van der Waals surface area (Å²) in [5.74, 6) is -0.0471. The van der Waals surface area contributed by atoms with E-state index >= 15 is 0 Å². The van der Waals surface area contributed by atoms with Gasteiger partial charge in [-0.15, -0.1) is 0 Å². The first-order valence-electron chi connectivity index (χ1n) is 8.11. The van der Waals surface area contributed by atoms with Crippen molar-refractivity contribution in [3.63, 3.8) is 0 Å². The van der Waals surface area contributed by atoms with Crippen LogP contribution in [0, 0.1) is 11.8 Å². The van der Waals surface area contributed by atoms with Crippen molar-refractivity contribution < 1.29 is 14.7 Å². The van der Waals surface area contributed by atoms with Gasteiger partial charge in [0.25, 0.3) is 0 Å². The van der Waals surface area contributed by atoms with E-state index in [9.17, 15) is 14.7 Å². The van der Waals surface area contributed by atoms with Gasteiger partial charge >= 0.3 is 0 Å². The third-order valence-corrected chi connectivity index (χ3v) is 5.14. The molecule has 0 spiro atoms. The van der Waals surface area contributed by atoms with Crippen LogP contribution in [0.5, 0.6) is 0 Å². The molecule has 3 unspecified atom stereocenters. The second-order valence-corrected chi connectivity index (χ2v) is 6.62. The Kier molecular flexibility index (Phi) is 4.45. The number of nitrogens with one attached hydrogen (secondary N) is 2. The van der Waals surface area contributed by atoms with E-state index in [2.05, 4.69) is 10.6 Å². The summed E-state index contributed by atoms with van der Waals surface area (Å²) >= 11 is 0. The standard InChI is InChI=1S/C15H25N3O3/c19-13-8-16-6-11(13)7-17-15(21)10-5-14(20)18(9-10)12-3-1-2-4-12/h10-13,16,19H,1-9H2,(H,17,21). The zero-order chi connectivity index (χ0) is 14.8. The number of likely N-dealkylation sites (tertiary alicyclic amines) is 1. The van der Waals surface area contributed by atoms with Crippen LogP contribution in [-0.2, 0) is 9.59 Å². The maximum atomic E-state index is 12.2. The minimum absolute atomic E-state index is 0.0389. The van der Waals surface area contributed by atoms with E-state index in [1.165, 1.54) is 12.8 Å². The summed E-state index contributed by atoms with van der Waals surface area (Å²) in [4.78, 5) is 26.2. The zero-order valence-corrected chi connectivity index (χ0v) is 12.4. The highest BCUT2D eigenvalue weighted by Gasteiger charge is 2.38. The SMILES string of the molecule is O=C(NCC1CNCC1O)C1CC(=O)N(C2CCCC2)C1. The molecule has 1 saturated carbocycles.